The standard InChI is InChI=1S/C11H7N3O2/c15-11(16)7-6-10-8-12-13-14(10)9-4-2-1-3-5-9/h1-5,8H,(H,15,16). The second-order valence-electron chi connectivity index (χ2n) is 2.92. The fraction of sp³-hybridized carbons (Fsp3) is 0. The normalized spacial score (nSPS) is 9.25. The zero-order valence-corrected chi connectivity index (χ0v) is 8.16. The smallest absolute Gasteiger partial charge is 0.382 e. The number of carbonyl (C=O) groups is 1. The van der Waals surface area contributed by atoms with E-state index in [1.54, 1.807) is 0 Å². The monoisotopic (exact) mass is 213 g/mol. The van der Waals surface area contributed by atoms with Crippen LogP contribution in [0.15, 0.2) is 36.5 Å². The molecule has 0 aliphatic rings. The second-order valence-corrected chi connectivity index (χ2v) is 2.92. The zero-order chi connectivity index (χ0) is 11.4. The lowest BCUT2D eigenvalue weighted by atomic mass is 10.3. The number of carboxylic acids is 1. The molecule has 2 aromatic rings. The molecule has 0 spiro atoms. The summed E-state index contributed by atoms with van der Waals surface area (Å²) in [5, 5.41) is 16.0. The van der Waals surface area contributed by atoms with Crippen molar-refractivity contribution in [1.82, 2.24) is 15.0 Å². The van der Waals surface area contributed by atoms with Gasteiger partial charge in [-0.15, -0.1) is 5.10 Å². The molecule has 0 amide bonds. The molecule has 0 saturated heterocycles. The molecule has 0 bridgehead atoms. The lowest BCUT2D eigenvalue weighted by molar-refractivity contribution is -0.130. The van der Waals surface area contributed by atoms with Crippen molar-refractivity contribution in [1.29, 1.82) is 0 Å². The highest BCUT2D eigenvalue weighted by Crippen LogP contribution is 2.07. The molecule has 0 atom stereocenters. The van der Waals surface area contributed by atoms with E-state index < -0.39 is 5.97 Å². The molecular formula is C11H7N3O2. The highest BCUT2D eigenvalue weighted by Gasteiger charge is 2.02. The maximum atomic E-state index is 10.3. The van der Waals surface area contributed by atoms with Crippen LogP contribution in [0, 0.1) is 11.8 Å². The van der Waals surface area contributed by atoms with Crippen molar-refractivity contribution in [2.24, 2.45) is 0 Å². The van der Waals surface area contributed by atoms with Crippen LogP contribution in [0.4, 0.5) is 0 Å². The second kappa shape index (κ2) is 4.28. The molecule has 0 aliphatic carbocycles. The maximum Gasteiger partial charge on any atom is 0.382 e. The predicted octanol–water partition coefficient (Wildman–Crippen LogP) is 0.703. The Morgan fingerprint density at radius 1 is 1.31 bits per heavy atom. The Morgan fingerprint density at radius 3 is 2.75 bits per heavy atom. The lowest BCUT2D eigenvalue weighted by Crippen LogP contribution is -1.99. The van der Waals surface area contributed by atoms with Crippen molar-refractivity contribution >= 4 is 5.97 Å². The van der Waals surface area contributed by atoms with Gasteiger partial charge in [0.25, 0.3) is 0 Å². The van der Waals surface area contributed by atoms with Gasteiger partial charge in [0.05, 0.1) is 11.9 Å². The summed E-state index contributed by atoms with van der Waals surface area (Å²) >= 11 is 0. The van der Waals surface area contributed by atoms with Crippen molar-refractivity contribution in [3.63, 3.8) is 0 Å². The summed E-state index contributed by atoms with van der Waals surface area (Å²) in [4.78, 5) is 10.3. The molecule has 0 radical (unpaired) electrons. The number of rotatable bonds is 1. The molecule has 0 aliphatic heterocycles. The Balaban J connectivity index is 2.42. The molecule has 5 nitrogen and oxygen atoms in total. The summed E-state index contributed by atoms with van der Waals surface area (Å²) in [6.45, 7) is 0. The highest BCUT2D eigenvalue weighted by atomic mass is 16.4. The van der Waals surface area contributed by atoms with E-state index in [0.29, 0.717) is 5.69 Å². The molecule has 1 aromatic carbocycles. The third kappa shape index (κ3) is 2.07. The summed E-state index contributed by atoms with van der Waals surface area (Å²) in [5.74, 6) is 3.32. The summed E-state index contributed by atoms with van der Waals surface area (Å²) in [6, 6.07) is 9.25. The fourth-order valence-corrected chi connectivity index (χ4v) is 1.20. The summed E-state index contributed by atoms with van der Waals surface area (Å²) in [6.07, 6.45) is 1.42. The van der Waals surface area contributed by atoms with Crippen molar-refractivity contribution < 1.29 is 9.90 Å². The van der Waals surface area contributed by atoms with E-state index in [2.05, 4.69) is 16.2 Å². The third-order valence-electron chi connectivity index (χ3n) is 1.85. The number of hydrogen-bond acceptors (Lipinski definition) is 3. The van der Waals surface area contributed by atoms with E-state index in [4.69, 9.17) is 5.11 Å². The molecule has 16 heavy (non-hydrogen) atoms. The van der Waals surface area contributed by atoms with E-state index in [0.717, 1.165) is 5.69 Å². The van der Waals surface area contributed by atoms with Crippen LogP contribution in [0.1, 0.15) is 5.69 Å². The summed E-state index contributed by atoms with van der Waals surface area (Å²) < 4.78 is 1.48. The number of aliphatic carboxylic acids is 1. The van der Waals surface area contributed by atoms with Crippen LogP contribution < -0.4 is 0 Å². The topological polar surface area (TPSA) is 68.0 Å². The van der Waals surface area contributed by atoms with Gasteiger partial charge in [-0.05, 0) is 18.1 Å². The number of aromatic nitrogens is 3. The lowest BCUT2D eigenvalue weighted by Gasteiger charge is -1.99. The van der Waals surface area contributed by atoms with Gasteiger partial charge in [0.2, 0.25) is 0 Å². The first-order valence-electron chi connectivity index (χ1n) is 4.48. The van der Waals surface area contributed by atoms with Crippen LogP contribution in [0.5, 0.6) is 0 Å². The Labute approximate surface area is 91.3 Å². The van der Waals surface area contributed by atoms with Crippen LogP contribution >= 0.6 is 0 Å². The van der Waals surface area contributed by atoms with E-state index in [1.807, 2.05) is 36.3 Å². The average molecular weight is 213 g/mol. The van der Waals surface area contributed by atoms with Crippen LogP contribution in [-0.2, 0) is 4.79 Å². The van der Waals surface area contributed by atoms with Gasteiger partial charge >= 0.3 is 5.97 Å². The predicted molar refractivity (Wildman–Crippen MR) is 55.9 cm³/mol. The largest absolute Gasteiger partial charge is 0.472 e. The number of para-hydroxylation sites is 1. The van der Waals surface area contributed by atoms with E-state index in [1.165, 1.54) is 10.9 Å². The molecule has 5 heteroatoms. The third-order valence-corrected chi connectivity index (χ3v) is 1.85. The van der Waals surface area contributed by atoms with Crippen molar-refractivity contribution in [2.75, 3.05) is 0 Å². The number of hydrogen-bond donors (Lipinski definition) is 1. The van der Waals surface area contributed by atoms with Gasteiger partial charge in [-0.2, -0.15) is 0 Å². The van der Waals surface area contributed by atoms with Gasteiger partial charge in [0.1, 0.15) is 5.69 Å². The highest BCUT2D eigenvalue weighted by molar-refractivity contribution is 5.87. The maximum absolute atomic E-state index is 10.3. The van der Waals surface area contributed by atoms with Gasteiger partial charge in [-0.25, -0.2) is 9.48 Å². The number of nitrogens with zero attached hydrogens (tertiary/aromatic N) is 3. The quantitative estimate of drug-likeness (QED) is 0.708. The van der Waals surface area contributed by atoms with Crippen LogP contribution in [0.25, 0.3) is 5.69 Å². The van der Waals surface area contributed by atoms with E-state index in [-0.39, 0.29) is 0 Å². The molecule has 1 aromatic heterocycles. The van der Waals surface area contributed by atoms with Crippen LogP contribution in [0.2, 0.25) is 0 Å². The molecule has 0 saturated carbocycles. The minimum Gasteiger partial charge on any atom is -0.472 e. The molecule has 1 heterocycles. The minimum atomic E-state index is -1.18. The van der Waals surface area contributed by atoms with Gasteiger partial charge in [-0.1, -0.05) is 23.4 Å². The number of carboxylic acid groups (broad SMARTS) is 1. The first-order chi connectivity index (χ1) is 7.77. The molecule has 1 N–H and O–H groups in total. The molecular weight excluding hydrogens is 206 g/mol. The van der Waals surface area contributed by atoms with Crippen molar-refractivity contribution in [3.8, 4) is 17.5 Å². The fourth-order valence-electron chi connectivity index (χ4n) is 1.20. The molecule has 2 rings (SSSR count). The molecule has 78 valence electrons. The van der Waals surface area contributed by atoms with E-state index >= 15 is 0 Å². The van der Waals surface area contributed by atoms with Gasteiger partial charge < -0.3 is 5.11 Å². The summed E-state index contributed by atoms with van der Waals surface area (Å²) in [5.41, 5.74) is 1.23. The van der Waals surface area contributed by atoms with E-state index in [9.17, 15) is 4.79 Å². The average Bonchev–Trinajstić information content (AvgIpc) is 2.75. The Hall–Kier alpha value is -2.61. The van der Waals surface area contributed by atoms with Crippen molar-refractivity contribution in [2.45, 2.75) is 0 Å². The van der Waals surface area contributed by atoms with Crippen LogP contribution in [0.3, 0.4) is 0 Å². The van der Waals surface area contributed by atoms with Crippen LogP contribution in [-0.4, -0.2) is 26.1 Å². The minimum absolute atomic E-state index is 0.439. The van der Waals surface area contributed by atoms with Gasteiger partial charge in [0, 0.05) is 5.92 Å². The van der Waals surface area contributed by atoms with Crippen molar-refractivity contribution in [3.05, 3.63) is 42.2 Å². The first kappa shape index (κ1) is 9.93. The van der Waals surface area contributed by atoms with Gasteiger partial charge in [0.15, 0.2) is 0 Å². The number of benzene rings is 1. The molecule has 0 unspecified atom stereocenters. The SMILES string of the molecule is O=C(O)C#Cc1cnnn1-c1ccccc1. The Morgan fingerprint density at radius 2 is 2.06 bits per heavy atom. The van der Waals surface area contributed by atoms with Gasteiger partial charge in [-0.3, -0.25) is 0 Å². The summed E-state index contributed by atoms with van der Waals surface area (Å²) in [7, 11) is 0. The Kier molecular flexibility index (Phi) is 2.65. The first-order valence-corrected chi connectivity index (χ1v) is 4.48. The Bertz CT molecular complexity index is 564. The zero-order valence-electron chi connectivity index (χ0n) is 8.16. The molecule has 0 fully saturated rings.